The van der Waals surface area contributed by atoms with Crippen molar-refractivity contribution in [1.29, 1.82) is 0 Å². The number of sulfonamides is 1. The fourth-order valence-corrected chi connectivity index (χ4v) is 5.34. The highest BCUT2D eigenvalue weighted by molar-refractivity contribution is 7.92. The molecule has 2 aromatic heterocycles. The minimum atomic E-state index is -3.83. The number of benzene rings is 1. The van der Waals surface area contributed by atoms with E-state index in [2.05, 4.69) is 10.1 Å². The van der Waals surface area contributed by atoms with Crippen LogP contribution in [0.25, 0.3) is 5.82 Å². The Balaban J connectivity index is 1.58. The molecule has 1 amide bonds. The number of carbonyl (C=O) groups is 1. The number of amides is 1. The van der Waals surface area contributed by atoms with Crippen LogP contribution in [0.4, 0.5) is 10.5 Å². The van der Waals surface area contributed by atoms with Crippen molar-refractivity contribution >= 4 is 21.8 Å². The number of nitrogens with zero attached hydrogens (tertiary/aromatic N) is 4. The standard InChI is InChI=1S/C24H29N5O5S/c1-5-28(17-9-7-6-8-10-17)35(32,33)18-11-12-21(25-15-18)29-22(30)19-16-27(14-13-20(19)26-29)23(31)34-24(2,3)4/h6-12,15,26H,5,13-14,16H2,1-4H3. The van der Waals surface area contributed by atoms with E-state index in [0.29, 0.717) is 24.2 Å². The summed E-state index contributed by atoms with van der Waals surface area (Å²) in [4.78, 5) is 31.3. The van der Waals surface area contributed by atoms with E-state index >= 15 is 0 Å². The highest BCUT2D eigenvalue weighted by atomic mass is 32.2. The summed E-state index contributed by atoms with van der Waals surface area (Å²) >= 11 is 0. The molecule has 10 nitrogen and oxygen atoms in total. The number of ether oxygens (including phenoxy) is 1. The molecule has 1 N–H and O–H groups in total. The van der Waals surface area contributed by atoms with Gasteiger partial charge in [0.25, 0.3) is 15.6 Å². The lowest BCUT2D eigenvalue weighted by molar-refractivity contribution is 0.0223. The summed E-state index contributed by atoms with van der Waals surface area (Å²) in [6, 6.07) is 11.7. The van der Waals surface area contributed by atoms with E-state index in [1.54, 1.807) is 52.0 Å². The molecule has 0 atom stereocenters. The zero-order chi connectivity index (χ0) is 25.4. The molecule has 4 rings (SSSR count). The number of H-pyrrole nitrogens is 1. The second kappa shape index (κ2) is 9.21. The molecule has 0 radical (unpaired) electrons. The quantitative estimate of drug-likeness (QED) is 0.577. The van der Waals surface area contributed by atoms with Gasteiger partial charge in [-0.1, -0.05) is 18.2 Å². The lowest BCUT2D eigenvalue weighted by atomic mass is 10.1. The first-order chi connectivity index (χ1) is 16.5. The molecular weight excluding hydrogens is 470 g/mol. The fourth-order valence-electron chi connectivity index (χ4n) is 3.92. The van der Waals surface area contributed by atoms with Crippen LogP contribution in [-0.2, 0) is 27.7 Å². The molecule has 0 unspecified atom stereocenters. The summed E-state index contributed by atoms with van der Waals surface area (Å²) in [5.41, 5.74) is 0.768. The minimum absolute atomic E-state index is 0.0208. The average molecular weight is 500 g/mol. The molecule has 1 aliphatic rings. The molecule has 0 spiro atoms. The first kappa shape index (κ1) is 24.5. The van der Waals surface area contributed by atoms with Crippen molar-refractivity contribution in [2.24, 2.45) is 0 Å². The van der Waals surface area contributed by atoms with Gasteiger partial charge < -0.3 is 9.64 Å². The van der Waals surface area contributed by atoms with Gasteiger partial charge in [0, 0.05) is 31.4 Å². The van der Waals surface area contributed by atoms with E-state index in [0.717, 1.165) is 5.69 Å². The van der Waals surface area contributed by atoms with Crippen molar-refractivity contribution < 1.29 is 17.9 Å². The fraction of sp³-hybridized carbons (Fsp3) is 0.375. The van der Waals surface area contributed by atoms with Gasteiger partial charge in [0.1, 0.15) is 10.5 Å². The summed E-state index contributed by atoms with van der Waals surface area (Å²) in [7, 11) is -3.83. The number of aromatic nitrogens is 3. The van der Waals surface area contributed by atoms with Crippen molar-refractivity contribution in [1.82, 2.24) is 19.7 Å². The van der Waals surface area contributed by atoms with Gasteiger partial charge in [-0.15, -0.1) is 0 Å². The van der Waals surface area contributed by atoms with Gasteiger partial charge in [0.2, 0.25) is 0 Å². The molecule has 0 fully saturated rings. The zero-order valence-corrected chi connectivity index (χ0v) is 21.0. The molecular formula is C24H29N5O5S. The van der Waals surface area contributed by atoms with Crippen molar-refractivity contribution in [3.8, 4) is 5.82 Å². The number of pyridine rings is 1. The SMILES string of the molecule is CCN(c1ccccc1)S(=O)(=O)c1ccc(-n2[nH]c3c(c2=O)CN(C(=O)OC(C)(C)C)CC3)nc1. The molecule has 0 saturated heterocycles. The van der Waals surface area contributed by atoms with Gasteiger partial charge >= 0.3 is 6.09 Å². The van der Waals surface area contributed by atoms with Crippen LogP contribution in [0.2, 0.25) is 0 Å². The van der Waals surface area contributed by atoms with Crippen molar-refractivity contribution in [2.75, 3.05) is 17.4 Å². The van der Waals surface area contributed by atoms with E-state index in [-0.39, 0.29) is 29.4 Å². The Kier molecular flexibility index (Phi) is 6.46. The summed E-state index contributed by atoms with van der Waals surface area (Å²) in [5, 5.41) is 3.05. The van der Waals surface area contributed by atoms with E-state index in [4.69, 9.17) is 4.74 Å². The van der Waals surface area contributed by atoms with Crippen LogP contribution in [0, 0.1) is 0 Å². The first-order valence-corrected chi connectivity index (χ1v) is 12.8. The molecule has 186 valence electrons. The molecule has 1 aromatic carbocycles. The van der Waals surface area contributed by atoms with Crippen LogP contribution in [0.15, 0.2) is 58.4 Å². The van der Waals surface area contributed by atoms with Gasteiger partial charge in [-0.05, 0) is 52.0 Å². The number of carbonyl (C=O) groups excluding carboxylic acids is 1. The van der Waals surface area contributed by atoms with E-state index in [9.17, 15) is 18.0 Å². The van der Waals surface area contributed by atoms with Gasteiger partial charge in [-0.25, -0.2) is 22.9 Å². The number of rotatable bonds is 5. The monoisotopic (exact) mass is 499 g/mol. The Hall–Kier alpha value is -3.60. The Morgan fingerprint density at radius 3 is 2.49 bits per heavy atom. The van der Waals surface area contributed by atoms with Crippen LogP contribution in [-0.4, -0.2) is 52.9 Å². The molecule has 11 heteroatoms. The topological polar surface area (TPSA) is 118 Å². The van der Waals surface area contributed by atoms with Gasteiger partial charge in [-0.3, -0.25) is 14.2 Å². The third-order valence-corrected chi connectivity index (χ3v) is 7.46. The van der Waals surface area contributed by atoms with E-state index < -0.39 is 21.7 Å². The predicted molar refractivity (Wildman–Crippen MR) is 131 cm³/mol. The molecule has 3 heterocycles. The number of hydrogen-bond donors (Lipinski definition) is 1. The van der Waals surface area contributed by atoms with Crippen LogP contribution in [0.5, 0.6) is 0 Å². The van der Waals surface area contributed by atoms with Gasteiger partial charge in [0.15, 0.2) is 5.82 Å². The normalized spacial score (nSPS) is 13.9. The number of aromatic amines is 1. The Morgan fingerprint density at radius 1 is 1.17 bits per heavy atom. The largest absolute Gasteiger partial charge is 0.444 e. The number of anilines is 1. The number of fused-ring (bicyclic) bond motifs is 1. The lowest BCUT2D eigenvalue weighted by Crippen LogP contribution is -2.41. The summed E-state index contributed by atoms with van der Waals surface area (Å²) in [6.45, 7) is 7.93. The molecule has 0 bridgehead atoms. The molecule has 0 saturated carbocycles. The van der Waals surface area contributed by atoms with E-state index in [1.165, 1.54) is 32.2 Å². The maximum absolute atomic E-state index is 13.2. The molecule has 1 aliphatic heterocycles. The van der Waals surface area contributed by atoms with Gasteiger partial charge in [0.05, 0.1) is 17.8 Å². The highest BCUT2D eigenvalue weighted by Gasteiger charge is 2.30. The summed E-state index contributed by atoms with van der Waals surface area (Å²) < 4.78 is 34.4. The summed E-state index contributed by atoms with van der Waals surface area (Å²) in [5.74, 6) is 0.259. The Morgan fingerprint density at radius 2 is 1.89 bits per heavy atom. The lowest BCUT2D eigenvalue weighted by Gasteiger charge is -2.29. The number of para-hydroxylation sites is 1. The molecule has 3 aromatic rings. The third kappa shape index (κ3) is 4.95. The first-order valence-electron chi connectivity index (χ1n) is 11.4. The predicted octanol–water partition coefficient (Wildman–Crippen LogP) is 3.07. The van der Waals surface area contributed by atoms with E-state index in [1.807, 2.05) is 6.07 Å². The minimum Gasteiger partial charge on any atom is -0.444 e. The highest BCUT2D eigenvalue weighted by Crippen LogP contribution is 2.23. The zero-order valence-electron chi connectivity index (χ0n) is 20.2. The van der Waals surface area contributed by atoms with Crippen molar-refractivity contribution in [2.45, 2.75) is 51.2 Å². The van der Waals surface area contributed by atoms with Crippen LogP contribution < -0.4 is 9.86 Å². The second-order valence-electron chi connectivity index (χ2n) is 9.22. The number of hydrogen-bond acceptors (Lipinski definition) is 6. The Bertz CT molecular complexity index is 1370. The third-order valence-electron chi connectivity index (χ3n) is 5.57. The second-order valence-corrected chi connectivity index (χ2v) is 11.1. The Labute approximate surface area is 204 Å². The average Bonchev–Trinajstić information content (AvgIpc) is 3.15. The summed E-state index contributed by atoms with van der Waals surface area (Å²) in [6.07, 6.45) is 1.24. The van der Waals surface area contributed by atoms with Crippen LogP contribution in [0.1, 0.15) is 39.0 Å². The van der Waals surface area contributed by atoms with Crippen molar-refractivity contribution in [3.63, 3.8) is 0 Å². The molecule has 0 aliphatic carbocycles. The van der Waals surface area contributed by atoms with Crippen LogP contribution in [0.3, 0.4) is 0 Å². The van der Waals surface area contributed by atoms with Crippen LogP contribution >= 0.6 is 0 Å². The number of nitrogens with one attached hydrogen (secondary N) is 1. The van der Waals surface area contributed by atoms with Gasteiger partial charge in [-0.2, -0.15) is 0 Å². The maximum atomic E-state index is 13.2. The smallest absolute Gasteiger partial charge is 0.410 e. The molecule has 35 heavy (non-hydrogen) atoms. The maximum Gasteiger partial charge on any atom is 0.410 e. The van der Waals surface area contributed by atoms with Crippen molar-refractivity contribution in [3.05, 3.63) is 70.3 Å².